The highest BCUT2D eigenvalue weighted by Gasteiger charge is 2.27. The van der Waals surface area contributed by atoms with E-state index in [4.69, 9.17) is 5.73 Å². The van der Waals surface area contributed by atoms with Gasteiger partial charge in [0.2, 0.25) is 0 Å². The lowest BCUT2D eigenvalue weighted by Gasteiger charge is -2.35. The lowest BCUT2D eigenvalue weighted by Crippen LogP contribution is -2.45. The Labute approximate surface area is 130 Å². The van der Waals surface area contributed by atoms with Crippen LogP contribution >= 0.6 is 0 Å². The minimum Gasteiger partial charge on any atom is -0.378 e. The molecule has 3 N–H and O–H groups in total. The Bertz CT molecular complexity index is 362. The van der Waals surface area contributed by atoms with Gasteiger partial charge in [-0.1, -0.05) is 76.0 Å². The van der Waals surface area contributed by atoms with Crippen LogP contribution in [0.4, 0.5) is 5.69 Å². The van der Waals surface area contributed by atoms with Crippen LogP contribution in [0.15, 0.2) is 30.3 Å². The van der Waals surface area contributed by atoms with Crippen LogP contribution < -0.4 is 11.1 Å². The van der Waals surface area contributed by atoms with Crippen LogP contribution in [-0.4, -0.2) is 12.1 Å². The van der Waals surface area contributed by atoms with Gasteiger partial charge in [-0.05, 0) is 25.0 Å². The molecule has 0 aromatic heterocycles. The summed E-state index contributed by atoms with van der Waals surface area (Å²) in [6.07, 6.45) is 14.8. The fourth-order valence-corrected chi connectivity index (χ4v) is 3.50. The van der Waals surface area contributed by atoms with Crippen molar-refractivity contribution in [2.24, 2.45) is 5.73 Å². The number of hydrogen-bond donors (Lipinski definition) is 2. The Kier molecular flexibility index (Phi) is 7.08. The lowest BCUT2D eigenvalue weighted by atomic mass is 9.85. The molecule has 0 radical (unpaired) electrons. The molecule has 0 unspecified atom stereocenters. The van der Waals surface area contributed by atoms with Crippen LogP contribution in [0.3, 0.4) is 0 Å². The smallest absolute Gasteiger partial charge is 0.0495 e. The van der Waals surface area contributed by atoms with E-state index < -0.39 is 0 Å². The van der Waals surface area contributed by atoms with Gasteiger partial charge in [-0.3, -0.25) is 0 Å². The van der Waals surface area contributed by atoms with Gasteiger partial charge in [0.25, 0.3) is 0 Å². The first kappa shape index (κ1) is 16.4. The molecule has 1 fully saturated rings. The molecule has 1 aliphatic carbocycles. The highest BCUT2D eigenvalue weighted by molar-refractivity contribution is 5.45. The summed E-state index contributed by atoms with van der Waals surface area (Å²) in [7, 11) is 0. The molecule has 1 aromatic rings. The van der Waals surface area contributed by atoms with Gasteiger partial charge in [0.15, 0.2) is 0 Å². The van der Waals surface area contributed by atoms with E-state index in [-0.39, 0.29) is 5.54 Å². The topological polar surface area (TPSA) is 38.0 Å². The van der Waals surface area contributed by atoms with Gasteiger partial charge in [-0.25, -0.2) is 0 Å². The molecule has 0 atom stereocenters. The number of hydrogen-bond acceptors (Lipinski definition) is 2. The Morgan fingerprint density at radius 1 is 0.762 bits per heavy atom. The average Bonchev–Trinajstić information content (AvgIpc) is 2.51. The fraction of sp³-hybridized carbons (Fsp3) is 0.684. The van der Waals surface area contributed by atoms with Gasteiger partial charge in [0, 0.05) is 17.8 Å². The van der Waals surface area contributed by atoms with E-state index >= 15 is 0 Å². The van der Waals surface area contributed by atoms with E-state index in [0.29, 0.717) is 0 Å². The molecule has 1 saturated carbocycles. The van der Waals surface area contributed by atoms with Crippen molar-refractivity contribution < 1.29 is 0 Å². The molecule has 21 heavy (non-hydrogen) atoms. The predicted molar refractivity (Wildman–Crippen MR) is 92.6 cm³/mol. The monoisotopic (exact) mass is 288 g/mol. The van der Waals surface area contributed by atoms with E-state index in [1.54, 1.807) is 0 Å². The Balaban J connectivity index is 2.00. The summed E-state index contributed by atoms with van der Waals surface area (Å²) in [5.74, 6) is 0. The van der Waals surface area contributed by atoms with Crippen molar-refractivity contribution >= 4 is 5.69 Å². The SMILES string of the molecule is NCC1(Nc2ccccc2)CCCCCCCCCCC1. The van der Waals surface area contributed by atoms with Crippen LogP contribution in [0, 0.1) is 0 Å². The molecule has 118 valence electrons. The second-order valence-electron chi connectivity index (χ2n) is 6.66. The molecule has 0 amide bonds. The second kappa shape index (κ2) is 9.09. The highest BCUT2D eigenvalue weighted by atomic mass is 15.0. The zero-order valence-electron chi connectivity index (χ0n) is 13.4. The third-order valence-corrected chi connectivity index (χ3v) is 4.88. The predicted octanol–water partition coefficient (Wildman–Crippen LogP) is 5.10. The second-order valence-corrected chi connectivity index (χ2v) is 6.66. The zero-order chi connectivity index (χ0) is 14.8. The quantitative estimate of drug-likeness (QED) is 0.812. The molecular weight excluding hydrogens is 256 g/mol. The van der Waals surface area contributed by atoms with Gasteiger partial charge in [-0.15, -0.1) is 0 Å². The molecule has 0 heterocycles. The molecule has 2 heteroatoms. The van der Waals surface area contributed by atoms with Crippen molar-refractivity contribution in [1.29, 1.82) is 0 Å². The van der Waals surface area contributed by atoms with E-state index in [9.17, 15) is 0 Å². The number of para-hydroxylation sites is 1. The van der Waals surface area contributed by atoms with Crippen molar-refractivity contribution in [3.63, 3.8) is 0 Å². The minimum absolute atomic E-state index is 0.0978. The fourth-order valence-electron chi connectivity index (χ4n) is 3.50. The largest absolute Gasteiger partial charge is 0.378 e. The summed E-state index contributed by atoms with van der Waals surface area (Å²) >= 11 is 0. The van der Waals surface area contributed by atoms with E-state index in [1.807, 2.05) is 0 Å². The Hall–Kier alpha value is -1.02. The minimum atomic E-state index is 0.0978. The van der Waals surface area contributed by atoms with Crippen LogP contribution in [0.25, 0.3) is 0 Å². The standard InChI is InChI=1S/C19H32N2/c20-17-19(21-18-13-9-8-10-14-18)15-11-6-4-2-1-3-5-7-12-16-19/h8-10,13-14,21H,1-7,11-12,15-17,20H2. The highest BCUT2D eigenvalue weighted by Crippen LogP contribution is 2.28. The van der Waals surface area contributed by atoms with Gasteiger partial charge in [-0.2, -0.15) is 0 Å². The van der Waals surface area contributed by atoms with Gasteiger partial charge in [0.1, 0.15) is 0 Å². The summed E-state index contributed by atoms with van der Waals surface area (Å²) < 4.78 is 0. The molecule has 0 aliphatic heterocycles. The molecule has 0 bridgehead atoms. The van der Waals surface area contributed by atoms with E-state index in [1.165, 1.54) is 76.3 Å². The van der Waals surface area contributed by atoms with Gasteiger partial charge in [0.05, 0.1) is 0 Å². The Morgan fingerprint density at radius 2 is 1.24 bits per heavy atom. The average molecular weight is 288 g/mol. The van der Waals surface area contributed by atoms with E-state index in [2.05, 4.69) is 35.6 Å². The molecule has 0 spiro atoms. The first-order valence-corrected chi connectivity index (χ1v) is 8.88. The third-order valence-electron chi connectivity index (χ3n) is 4.88. The van der Waals surface area contributed by atoms with Crippen molar-refractivity contribution in [3.05, 3.63) is 30.3 Å². The number of anilines is 1. The molecule has 1 aliphatic rings. The summed E-state index contributed by atoms with van der Waals surface area (Å²) in [4.78, 5) is 0. The first-order chi connectivity index (χ1) is 10.3. The zero-order valence-corrected chi connectivity index (χ0v) is 13.4. The van der Waals surface area contributed by atoms with Crippen molar-refractivity contribution in [3.8, 4) is 0 Å². The number of nitrogens with one attached hydrogen (secondary N) is 1. The molecule has 2 rings (SSSR count). The summed E-state index contributed by atoms with van der Waals surface area (Å²) in [5, 5.41) is 3.77. The summed E-state index contributed by atoms with van der Waals surface area (Å²) in [6.45, 7) is 0.738. The third kappa shape index (κ3) is 5.70. The normalized spacial score (nSPS) is 21.0. The maximum Gasteiger partial charge on any atom is 0.0495 e. The lowest BCUT2D eigenvalue weighted by molar-refractivity contribution is 0.366. The maximum atomic E-state index is 6.20. The first-order valence-electron chi connectivity index (χ1n) is 8.88. The van der Waals surface area contributed by atoms with Crippen LogP contribution in [-0.2, 0) is 0 Å². The Morgan fingerprint density at radius 3 is 1.71 bits per heavy atom. The van der Waals surface area contributed by atoms with Crippen molar-refractivity contribution in [2.45, 2.75) is 76.2 Å². The summed E-state index contributed by atoms with van der Waals surface area (Å²) in [5.41, 5.74) is 7.52. The van der Waals surface area contributed by atoms with E-state index in [0.717, 1.165) is 6.54 Å². The summed E-state index contributed by atoms with van der Waals surface area (Å²) in [6, 6.07) is 10.6. The van der Waals surface area contributed by atoms with Crippen molar-refractivity contribution in [2.75, 3.05) is 11.9 Å². The molecular formula is C19H32N2. The van der Waals surface area contributed by atoms with Crippen LogP contribution in [0.5, 0.6) is 0 Å². The number of rotatable bonds is 3. The van der Waals surface area contributed by atoms with Crippen LogP contribution in [0.2, 0.25) is 0 Å². The molecule has 1 aromatic carbocycles. The van der Waals surface area contributed by atoms with Gasteiger partial charge >= 0.3 is 0 Å². The van der Waals surface area contributed by atoms with Gasteiger partial charge < -0.3 is 11.1 Å². The maximum absolute atomic E-state index is 6.20. The molecule has 2 nitrogen and oxygen atoms in total. The van der Waals surface area contributed by atoms with Crippen LogP contribution in [0.1, 0.15) is 70.6 Å². The number of benzene rings is 1. The molecule has 0 saturated heterocycles. The van der Waals surface area contributed by atoms with Crippen molar-refractivity contribution in [1.82, 2.24) is 0 Å². The number of nitrogens with two attached hydrogens (primary N) is 1.